The molecule has 0 saturated carbocycles. The predicted molar refractivity (Wildman–Crippen MR) is 347 cm³/mol. The van der Waals surface area contributed by atoms with Crippen molar-refractivity contribution in [2.24, 2.45) is 0 Å². The van der Waals surface area contributed by atoms with Crippen LogP contribution in [0.2, 0.25) is 0 Å². The Balaban J connectivity index is 0.944. The van der Waals surface area contributed by atoms with E-state index in [1.54, 1.807) is 0 Å². The van der Waals surface area contributed by atoms with Gasteiger partial charge in [0.15, 0.2) is 5.69 Å². The summed E-state index contributed by atoms with van der Waals surface area (Å²) < 4.78 is 6.22. The molecule has 408 valence electrons. The average Bonchev–Trinajstić information content (AvgIpc) is 1.52. The first-order valence-electron chi connectivity index (χ1n) is 30.2. The number of benzene rings is 11. The lowest BCUT2D eigenvalue weighted by atomic mass is 9.76. The lowest BCUT2D eigenvalue weighted by Crippen LogP contribution is -2.40. The normalized spacial score (nSPS) is 16.8. The number of esters is 2. The summed E-state index contributed by atoms with van der Waals surface area (Å²) in [5.41, 5.74) is 22.5. The van der Waals surface area contributed by atoms with E-state index in [1.807, 2.05) is 12.1 Å². The van der Waals surface area contributed by atoms with Crippen LogP contribution < -0.4 is 9.38 Å². The predicted octanol–water partition coefficient (Wildman–Crippen LogP) is 21.2. The number of fused-ring (bicyclic) bond motifs is 9. The molecule has 0 fully saturated rings. The van der Waals surface area contributed by atoms with E-state index in [0.717, 1.165) is 73.5 Å². The summed E-state index contributed by atoms with van der Waals surface area (Å²) in [5, 5.41) is 8.19. The van der Waals surface area contributed by atoms with Crippen molar-refractivity contribution in [1.82, 2.24) is 4.48 Å². The highest BCUT2D eigenvalue weighted by molar-refractivity contribution is 6.39. The maximum absolute atomic E-state index is 14.1. The van der Waals surface area contributed by atoms with Crippen molar-refractivity contribution in [1.29, 1.82) is 0 Å². The fourth-order valence-electron chi connectivity index (χ4n) is 15.8. The molecule has 0 bridgehead atoms. The molecule has 0 saturated heterocycles. The summed E-state index contributed by atoms with van der Waals surface area (Å²) in [4.78, 5) is 30.2. The zero-order valence-electron chi connectivity index (χ0n) is 49.1. The summed E-state index contributed by atoms with van der Waals surface area (Å²) in [7, 11) is 0. The van der Waals surface area contributed by atoms with Gasteiger partial charge in [-0.15, -0.1) is 0 Å². The van der Waals surface area contributed by atoms with E-state index in [9.17, 15) is 9.59 Å². The number of hydrogen-bond acceptors (Lipinski definition) is 4. The third-order valence-electron chi connectivity index (χ3n) is 19.7. The first-order valence-corrected chi connectivity index (χ1v) is 30.2. The Labute approximate surface area is 487 Å². The number of carbonyl (C=O) groups is 2. The maximum Gasteiger partial charge on any atom is 0.346 e. The van der Waals surface area contributed by atoms with Crippen LogP contribution in [0, 0.1) is 0 Å². The SMILES string of the molecule is CCCCCC[N+]1(c2c(C(C)C)cccc2C(C)C)C=Cc2ccc(N(c3ccc4c(c3)C(C)(C)c3ccccc3-4)c3ccc4c(c3)C(C)(C)c3c-4cccc3-c3cc4c5c(ccc6c7cccc8cccc(c3c56)c87)C(=O)OC4=O)cc21. The van der Waals surface area contributed by atoms with Gasteiger partial charge in [0.05, 0.1) is 23.4 Å². The number of hydrogen-bond donors (Lipinski definition) is 0. The van der Waals surface area contributed by atoms with Gasteiger partial charge in [0.2, 0.25) is 0 Å². The Kier molecular flexibility index (Phi) is 11.4. The summed E-state index contributed by atoms with van der Waals surface area (Å²) in [6.45, 7) is 22.2. The van der Waals surface area contributed by atoms with E-state index in [1.165, 1.54) is 97.2 Å². The van der Waals surface area contributed by atoms with Crippen molar-refractivity contribution in [3.63, 3.8) is 0 Å². The number of rotatable bonds is 12. The Hall–Kier alpha value is -8.64. The van der Waals surface area contributed by atoms with Crippen LogP contribution in [0.1, 0.15) is 159 Å². The molecule has 11 aromatic rings. The van der Waals surface area contributed by atoms with Crippen LogP contribution in [0.15, 0.2) is 176 Å². The molecular weight excluding hydrogens is 1010 g/mol. The van der Waals surface area contributed by atoms with E-state index in [0.29, 0.717) is 32.8 Å². The number of para-hydroxylation sites is 1. The number of cyclic esters (lactones) is 2. The van der Waals surface area contributed by atoms with Gasteiger partial charge < -0.3 is 9.64 Å². The van der Waals surface area contributed by atoms with Gasteiger partial charge >= 0.3 is 11.9 Å². The second-order valence-electron chi connectivity index (χ2n) is 25.8. The van der Waals surface area contributed by atoms with Crippen LogP contribution in [0.3, 0.4) is 0 Å². The zero-order valence-corrected chi connectivity index (χ0v) is 49.1. The molecule has 0 aromatic heterocycles. The molecule has 2 aliphatic carbocycles. The zero-order chi connectivity index (χ0) is 57.0. The van der Waals surface area contributed by atoms with Crippen molar-refractivity contribution >= 4 is 89.5 Å². The van der Waals surface area contributed by atoms with Gasteiger partial charge in [-0.1, -0.05) is 190 Å². The fourth-order valence-corrected chi connectivity index (χ4v) is 15.8. The van der Waals surface area contributed by atoms with Crippen molar-refractivity contribution in [2.75, 3.05) is 11.4 Å². The third kappa shape index (κ3) is 7.23. The lowest BCUT2D eigenvalue weighted by molar-refractivity contribution is 0.0391. The molecule has 0 N–H and O–H groups in total. The highest BCUT2D eigenvalue weighted by Crippen LogP contribution is 2.58. The standard InChI is InChI=1S/C78H69N2O3/c1-10-11-12-15-39-80(74-52(45(2)3)23-18-24-53(74)46(4)5)40-38-47-30-31-51(43-68(47)80)79(49-32-34-55-54-22-13-14-29-65(54)77(6,7)66(55)41-49)50-33-35-56-59-26-19-27-60(73(59)78(8,9)67(56)42-50)63-44-64-71-62(75(81)83-76(64)82)37-36-58-57-25-16-20-48-21-17-28-61(69(48)57)70(63)72(58)71/h13-14,16-38,40-46H,10-12,15,39H2,1-9H3/q+1. The molecule has 1 atom stereocenters. The minimum Gasteiger partial charge on any atom is -0.386 e. The van der Waals surface area contributed by atoms with Crippen molar-refractivity contribution in [3.05, 3.63) is 226 Å². The molecular formula is C78H69N2O3+. The molecule has 2 aliphatic heterocycles. The number of carbonyl (C=O) groups excluding carboxylic acids is 2. The Morgan fingerprint density at radius 3 is 1.77 bits per heavy atom. The van der Waals surface area contributed by atoms with Gasteiger partial charge in [-0.3, -0.25) is 0 Å². The minimum absolute atomic E-state index is 0.200. The average molecular weight is 1080 g/mol. The van der Waals surface area contributed by atoms with Crippen LogP contribution in [-0.4, -0.2) is 18.5 Å². The molecule has 4 aliphatic rings. The van der Waals surface area contributed by atoms with Crippen LogP contribution in [0.25, 0.3) is 82.5 Å². The van der Waals surface area contributed by atoms with E-state index >= 15 is 0 Å². The smallest absolute Gasteiger partial charge is 0.346 e. The van der Waals surface area contributed by atoms with Crippen molar-refractivity contribution in [2.45, 2.75) is 111 Å². The summed E-state index contributed by atoms with van der Waals surface area (Å²) in [5.74, 6) is -0.515. The molecule has 5 nitrogen and oxygen atoms in total. The van der Waals surface area contributed by atoms with Gasteiger partial charge in [-0.05, 0) is 167 Å². The number of anilines is 3. The first kappa shape index (κ1) is 51.3. The molecule has 5 heteroatoms. The topological polar surface area (TPSA) is 46.6 Å². The van der Waals surface area contributed by atoms with E-state index < -0.39 is 17.4 Å². The van der Waals surface area contributed by atoms with Crippen LogP contribution >= 0.6 is 0 Å². The van der Waals surface area contributed by atoms with Gasteiger partial charge in [0.1, 0.15) is 11.9 Å². The second-order valence-corrected chi connectivity index (χ2v) is 25.8. The number of quaternary nitrogens is 1. The molecule has 83 heavy (non-hydrogen) atoms. The number of ether oxygens (including phenoxy) is 1. The highest BCUT2D eigenvalue weighted by Gasteiger charge is 2.44. The molecule has 11 aromatic carbocycles. The summed E-state index contributed by atoms with van der Waals surface area (Å²) in [6, 6.07) is 63.2. The van der Waals surface area contributed by atoms with Gasteiger partial charge in [0.25, 0.3) is 0 Å². The Bertz CT molecular complexity index is 4610. The summed E-state index contributed by atoms with van der Waals surface area (Å²) in [6.07, 6.45) is 9.63. The molecule has 0 radical (unpaired) electrons. The van der Waals surface area contributed by atoms with E-state index in [4.69, 9.17) is 4.74 Å². The van der Waals surface area contributed by atoms with Crippen LogP contribution in [0.4, 0.5) is 28.4 Å². The van der Waals surface area contributed by atoms with E-state index in [2.05, 4.69) is 237 Å². The lowest BCUT2D eigenvalue weighted by Gasteiger charge is -2.37. The van der Waals surface area contributed by atoms with Crippen molar-refractivity contribution < 1.29 is 14.3 Å². The quantitative estimate of drug-likeness (QED) is 0.0305. The molecule has 0 spiro atoms. The molecule has 1 unspecified atom stereocenters. The van der Waals surface area contributed by atoms with Crippen LogP contribution in [-0.2, 0) is 15.6 Å². The molecule has 15 rings (SSSR count). The van der Waals surface area contributed by atoms with Gasteiger partial charge in [-0.2, -0.15) is 0 Å². The largest absolute Gasteiger partial charge is 0.386 e. The number of unbranched alkanes of at least 4 members (excludes halogenated alkanes) is 3. The molecule has 0 amide bonds. The van der Waals surface area contributed by atoms with Gasteiger partial charge in [-0.25, -0.2) is 14.1 Å². The van der Waals surface area contributed by atoms with Gasteiger partial charge in [0, 0.05) is 56.4 Å². The third-order valence-corrected chi connectivity index (χ3v) is 19.7. The first-order chi connectivity index (χ1) is 40.1. The van der Waals surface area contributed by atoms with Crippen molar-refractivity contribution in [3.8, 4) is 33.4 Å². The highest BCUT2D eigenvalue weighted by atomic mass is 16.6. The minimum atomic E-state index is -0.609. The Morgan fingerprint density at radius 2 is 1.05 bits per heavy atom. The second kappa shape index (κ2) is 18.4. The summed E-state index contributed by atoms with van der Waals surface area (Å²) >= 11 is 0. The van der Waals surface area contributed by atoms with Crippen LogP contribution in [0.5, 0.6) is 0 Å². The van der Waals surface area contributed by atoms with E-state index in [-0.39, 0.29) is 5.41 Å². The number of nitrogens with zero attached hydrogens (tertiary/aromatic N) is 2. The fraction of sp³-hybridized carbons (Fsp3) is 0.231. The maximum atomic E-state index is 14.1. The monoisotopic (exact) mass is 1080 g/mol. The molecule has 2 heterocycles. The Morgan fingerprint density at radius 1 is 0.470 bits per heavy atom.